The second-order valence-electron chi connectivity index (χ2n) is 4.62. The number of nitro groups is 1. The summed E-state index contributed by atoms with van der Waals surface area (Å²) in [5.41, 5.74) is 0.773. The van der Waals surface area contributed by atoms with E-state index >= 15 is 0 Å². The molecule has 1 N–H and O–H groups in total. The fourth-order valence-electron chi connectivity index (χ4n) is 2.06. The maximum atomic E-state index is 12.2. The minimum absolute atomic E-state index is 0.00830. The van der Waals surface area contributed by atoms with E-state index < -0.39 is 10.8 Å². The zero-order valence-corrected chi connectivity index (χ0v) is 12.6. The second kappa shape index (κ2) is 6.37. The van der Waals surface area contributed by atoms with Gasteiger partial charge < -0.3 is 0 Å². The summed E-state index contributed by atoms with van der Waals surface area (Å²) in [5, 5.41) is 14.0. The molecule has 3 rings (SSSR count). The summed E-state index contributed by atoms with van der Waals surface area (Å²) < 4.78 is 0. The van der Waals surface area contributed by atoms with Gasteiger partial charge >= 0.3 is 0 Å². The molecule has 0 spiro atoms. The molecule has 0 aliphatic heterocycles. The van der Waals surface area contributed by atoms with Crippen molar-refractivity contribution in [2.24, 2.45) is 0 Å². The van der Waals surface area contributed by atoms with Crippen LogP contribution in [0.5, 0.6) is 0 Å². The van der Waals surface area contributed by atoms with Gasteiger partial charge in [0.2, 0.25) is 0 Å². The highest BCUT2D eigenvalue weighted by molar-refractivity contribution is 7.19. The molecule has 0 aliphatic carbocycles. The average Bonchev–Trinajstić information content (AvgIpc) is 3.04. The van der Waals surface area contributed by atoms with E-state index in [4.69, 9.17) is 0 Å². The number of carbonyl (C=O) groups is 1. The van der Waals surface area contributed by atoms with Gasteiger partial charge in [-0.05, 0) is 11.6 Å². The van der Waals surface area contributed by atoms with Crippen LogP contribution in [-0.2, 0) is 0 Å². The summed E-state index contributed by atoms with van der Waals surface area (Å²) in [4.78, 5) is 27.7. The molecule has 0 unspecified atom stereocenters. The summed E-state index contributed by atoms with van der Waals surface area (Å²) in [6.45, 7) is 0. The molecule has 0 saturated carbocycles. The van der Waals surface area contributed by atoms with Gasteiger partial charge in [0.05, 0.1) is 9.80 Å². The maximum Gasteiger partial charge on any atom is 0.282 e. The molecule has 0 saturated heterocycles. The quantitative estimate of drug-likeness (QED) is 0.581. The van der Waals surface area contributed by atoms with Crippen LogP contribution >= 0.6 is 11.3 Å². The zero-order valence-electron chi connectivity index (χ0n) is 11.8. The number of hydrogen-bond donors (Lipinski definition) is 1. The molecular formula is C16H11N3O3S. The Labute approximate surface area is 135 Å². The van der Waals surface area contributed by atoms with Crippen molar-refractivity contribution >= 4 is 28.1 Å². The van der Waals surface area contributed by atoms with E-state index in [-0.39, 0.29) is 11.3 Å². The average molecular weight is 325 g/mol. The van der Waals surface area contributed by atoms with Crippen molar-refractivity contribution in [2.75, 3.05) is 5.32 Å². The van der Waals surface area contributed by atoms with Crippen LogP contribution in [0.4, 0.5) is 10.8 Å². The van der Waals surface area contributed by atoms with Gasteiger partial charge in [-0.3, -0.25) is 20.2 Å². The van der Waals surface area contributed by atoms with Gasteiger partial charge in [-0.1, -0.05) is 53.8 Å². The van der Waals surface area contributed by atoms with E-state index in [1.807, 2.05) is 30.3 Å². The molecule has 6 nitrogen and oxygen atoms in total. The van der Waals surface area contributed by atoms with Crippen molar-refractivity contribution < 1.29 is 9.72 Å². The largest absolute Gasteiger partial charge is 0.298 e. The molecule has 0 aliphatic rings. The number of hydrogen-bond acceptors (Lipinski definition) is 5. The molecular weight excluding hydrogens is 314 g/mol. The second-order valence-corrected chi connectivity index (χ2v) is 5.65. The first-order valence-corrected chi connectivity index (χ1v) is 7.53. The van der Waals surface area contributed by atoms with Crippen LogP contribution in [0.25, 0.3) is 10.4 Å². The Balaban J connectivity index is 1.82. The van der Waals surface area contributed by atoms with Crippen molar-refractivity contribution in [1.29, 1.82) is 0 Å². The lowest BCUT2D eigenvalue weighted by Gasteiger charge is -2.02. The highest BCUT2D eigenvalue weighted by Crippen LogP contribution is 2.29. The lowest BCUT2D eigenvalue weighted by atomic mass is 10.1. The number of amides is 1. The van der Waals surface area contributed by atoms with E-state index in [1.54, 1.807) is 12.3 Å². The normalized spacial score (nSPS) is 10.3. The molecule has 1 heterocycles. The SMILES string of the molecule is O=C(Nc1ncc(-c2ccccc2)s1)c1ccccc1[N+](=O)[O-]. The molecule has 0 bridgehead atoms. The third kappa shape index (κ3) is 3.24. The molecule has 23 heavy (non-hydrogen) atoms. The smallest absolute Gasteiger partial charge is 0.282 e. The summed E-state index contributed by atoms with van der Waals surface area (Å²) in [5.74, 6) is -0.550. The Bertz CT molecular complexity index is 862. The molecule has 0 radical (unpaired) electrons. The molecule has 0 atom stereocenters. The predicted molar refractivity (Wildman–Crippen MR) is 88.6 cm³/mol. The third-order valence-electron chi connectivity index (χ3n) is 3.13. The Hall–Kier alpha value is -3.06. The Morgan fingerprint density at radius 3 is 2.52 bits per heavy atom. The van der Waals surface area contributed by atoms with Gasteiger partial charge in [0.25, 0.3) is 11.6 Å². The fraction of sp³-hybridized carbons (Fsp3) is 0. The summed E-state index contributed by atoms with van der Waals surface area (Å²) in [6.07, 6.45) is 1.66. The van der Waals surface area contributed by atoms with Crippen molar-refractivity contribution in [3.8, 4) is 10.4 Å². The number of para-hydroxylation sites is 1. The summed E-state index contributed by atoms with van der Waals surface area (Å²) >= 11 is 1.31. The van der Waals surface area contributed by atoms with Crippen molar-refractivity contribution in [3.05, 3.63) is 76.5 Å². The van der Waals surface area contributed by atoms with Crippen LogP contribution < -0.4 is 5.32 Å². The van der Waals surface area contributed by atoms with Crippen LogP contribution in [0.2, 0.25) is 0 Å². The topological polar surface area (TPSA) is 85.1 Å². The van der Waals surface area contributed by atoms with Crippen LogP contribution in [0.15, 0.2) is 60.8 Å². The van der Waals surface area contributed by atoms with Gasteiger partial charge in [-0.25, -0.2) is 4.98 Å². The van der Waals surface area contributed by atoms with Crippen LogP contribution in [0.1, 0.15) is 10.4 Å². The number of thiazole rings is 1. The first kappa shape index (κ1) is 14.9. The van der Waals surface area contributed by atoms with Gasteiger partial charge in [-0.15, -0.1) is 0 Å². The number of anilines is 1. The molecule has 0 fully saturated rings. The molecule has 114 valence electrons. The third-order valence-corrected chi connectivity index (χ3v) is 4.09. The number of carbonyl (C=O) groups excluding carboxylic acids is 1. The van der Waals surface area contributed by atoms with Crippen molar-refractivity contribution in [3.63, 3.8) is 0 Å². The molecule has 1 aromatic heterocycles. The number of benzene rings is 2. The summed E-state index contributed by atoms with van der Waals surface area (Å²) in [7, 11) is 0. The fourth-order valence-corrected chi connectivity index (χ4v) is 2.87. The lowest BCUT2D eigenvalue weighted by Crippen LogP contribution is -2.13. The number of nitro benzene ring substituents is 1. The van der Waals surface area contributed by atoms with Gasteiger partial charge in [-0.2, -0.15) is 0 Å². The molecule has 3 aromatic rings. The van der Waals surface area contributed by atoms with E-state index in [0.29, 0.717) is 5.13 Å². The first-order valence-electron chi connectivity index (χ1n) is 6.71. The van der Waals surface area contributed by atoms with Crippen LogP contribution in [0.3, 0.4) is 0 Å². The summed E-state index contributed by atoms with van der Waals surface area (Å²) in [6, 6.07) is 15.5. The zero-order chi connectivity index (χ0) is 16.2. The van der Waals surface area contributed by atoms with Crippen LogP contribution in [0, 0.1) is 10.1 Å². The lowest BCUT2D eigenvalue weighted by molar-refractivity contribution is -0.385. The first-order chi connectivity index (χ1) is 11.1. The van der Waals surface area contributed by atoms with Crippen molar-refractivity contribution in [2.45, 2.75) is 0 Å². The van der Waals surface area contributed by atoms with Crippen LogP contribution in [-0.4, -0.2) is 15.8 Å². The van der Waals surface area contributed by atoms with E-state index in [2.05, 4.69) is 10.3 Å². The predicted octanol–water partition coefficient (Wildman–Crippen LogP) is 3.97. The minimum atomic E-state index is -0.577. The number of nitrogens with zero attached hydrogens (tertiary/aromatic N) is 2. The van der Waals surface area contributed by atoms with E-state index in [9.17, 15) is 14.9 Å². The Morgan fingerprint density at radius 1 is 1.09 bits per heavy atom. The molecule has 7 heteroatoms. The van der Waals surface area contributed by atoms with Gasteiger partial charge in [0.1, 0.15) is 5.56 Å². The monoisotopic (exact) mass is 325 g/mol. The van der Waals surface area contributed by atoms with Crippen molar-refractivity contribution in [1.82, 2.24) is 4.98 Å². The van der Waals surface area contributed by atoms with E-state index in [0.717, 1.165) is 10.4 Å². The van der Waals surface area contributed by atoms with Gasteiger partial charge in [0, 0.05) is 12.3 Å². The Kier molecular flexibility index (Phi) is 4.11. The number of rotatable bonds is 4. The van der Waals surface area contributed by atoms with E-state index in [1.165, 1.54) is 29.5 Å². The Morgan fingerprint density at radius 2 is 1.78 bits per heavy atom. The minimum Gasteiger partial charge on any atom is -0.298 e. The highest BCUT2D eigenvalue weighted by Gasteiger charge is 2.20. The number of aromatic nitrogens is 1. The maximum absolute atomic E-state index is 12.2. The standard InChI is InChI=1S/C16H11N3O3S/c20-15(12-8-4-5-9-13(12)19(21)22)18-16-17-10-14(23-16)11-6-2-1-3-7-11/h1-10H,(H,17,18,20). The number of nitrogens with one attached hydrogen (secondary N) is 1. The molecule has 1 amide bonds. The molecule has 2 aromatic carbocycles. The highest BCUT2D eigenvalue weighted by atomic mass is 32.1. The van der Waals surface area contributed by atoms with Gasteiger partial charge in [0.15, 0.2) is 5.13 Å².